The van der Waals surface area contributed by atoms with Crippen molar-refractivity contribution in [3.05, 3.63) is 27.7 Å². The van der Waals surface area contributed by atoms with E-state index in [0.29, 0.717) is 0 Å². The van der Waals surface area contributed by atoms with Crippen LogP contribution in [0.5, 0.6) is 0 Å². The number of allylic oxidation sites excluding steroid dienone is 3. The fourth-order valence-corrected chi connectivity index (χ4v) is 3.07. The van der Waals surface area contributed by atoms with Crippen LogP contribution in [0.2, 0.25) is 0 Å². The van der Waals surface area contributed by atoms with Gasteiger partial charge in [-0.25, -0.2) is 0 Å². The number of aromatic nitrogens is 1. The van der Waals surface area contributed by atoms with Crippen molar-refractivity contribution in [2.75, 3.05) is 0 Å². The largest absolute Gasteiger partial charge is 0.264 e. The van der Waals surface area contributed by atoms with E-state index in [0.717, 1.165) is 0 Å². The maximum Gasteiger partial charge on any atom is 0.264 e. The highest BCUT2D eigenvalue weighted by atomic mass is 32.1. The molecule has 0 aromatic carbocycles. The Bertz CT molecular complexity index is 410. The molecule has 1 aliphatic carbocycles. The molecule has 0 spiro atoms. The van der Waals surface area contributed by atoms with Crippen LogP contribution in [0.25, 0.3) is 11.6 Å². The highest BCUT2D eigenvalue weighted by molar-refractivity contribution is 7.13. The third-order valence-electron chi connectivity index (χ3n) is 2.79. The summed E-state index contributed by atoms with van der Waals surface area (Å²) in [6.45, 7) is 4.28. The lowest BCUT2D eigenvalue weighted by atomic mass is 10.1. The fourth-order valence-electron chi connectivity index (χ4n) is 1.82. The van der Waals surface area contributed by atoms with Gasteiger partial charge in [0.15, 0.2) is 5.69 Å². The molecule has 0 aliphatic heterocycles. The van der Waals surface area contributed by atoms with Gasteiger partial charge in [-0.1, -0.05) is 23.5 Å². The second-order valence-electron chi connectivity index (χ2n) is 3.69. The molecule has 1 nitrogen and oxygen atoms in total. The molecule has 0 fully saturated rings. The van der Waals surface area contributed by atoms with Crippen molar-refractivity contribution in [3.63, 3.8) is 0 Å². The summed E-state index contributed by atoms with van der Waals surface area (Å²) in [5.41, 5.74) is 2.87. The lowest BCUT2D eigenvalue weighted by Gasteiger charge is -1.99. The summed E-state index contributed by atoms with van der Waals surface area (Å²) in [4.78, 5) is 1.44. The monoisotopic (exact) mass is 206 g/mol. The second kappa shape index (κ2) is 3.70. The molecule has 0 unspecified atom stereocenters. The van der Waals surface area contributed by atoms with E-state index in [2.05, 4.69) is 43.7 Å². The van der Waals surface area contributed by atoms with E-state index in [4.69, 9.17) is 0 Å². The van der Waals surface area contributed by atoms with Gasteiger partial charge >= 0.3 is 0 Å². The number of hydrogen-bond acceptors (Lipinski definition) is 1. The van der Waals surface area contributed by atoms with Crippen LogP contribution in [0.1, 0.15) is 35.8 Å². The predicted molar refractivity (Wildman–Crippen MR) is 62.2 cm³/mol. The average Bonchev–Trinajstić information content (AvgIpc) is 2.56. The van der Waals surface area contributed by atoms with Crippen LogP contribution >= 0.6 is 11.3 Å². The topological polar surface area (TPSA) is 3.88 Å². The first kappa shape index (κ1) is 9.66. The second-order valence-corrected chi connectivity index (χ2v) is 4.72. The summed E-state index contributed by atoms with van der Waals surface area (Å²) >= 11 is 1.90. The van der Waals surface area contributed by atoms with Crippen LogP contribution in [0.4, 0.5) is 0 Å². The third kappa shape index (κ3) is 1.44. The standard InChI is InChI=1S/C12H16NS/c1-4-9(2)12-13(3)10-7-5-6-8-11(10)14-12/h4,6,8H,5,7H2,1-3H3/q+1. The molecule has 0 saturated heterocycles. The molecule has 74 valence electrons. The van der Waals surface area contributed by atoms with Gasteiger partial charge in [-0.2, -0.15) is 4.57 Å². The van der Waals surface area contributed by atoms with Crippen molar-refractivity contribution in [1.29, 1.82) is 0 Å². The van der Waals surface area contributed by atoms with E-state index in [1.54, 1.807) is 0 Å². The van der Waals surface area contributed by atoms with Crippen molar-refractivity contribution in [1.82, 2.24) is 0 Å². The smallest absolute Gasteiger partial charge is 0.188 e. The van der Waals surface area contributed by atoms with E-state index in [1.165, 1.54) is 34.0 Å². The Morgan fingerprint density at radius 2 is 2.36 bits per heavy atom. The normalized spacial score (nSPS) is 15.8. The Morgan fingerprint density at radius 1 is 1.57 bits per heavy atom. The van der Waals surface area contributed by atoms with E-state index < -0.39 is 0 Å². The Labute approximate surface area is 89.4 Å². The van der Waals surface area contributed by atoms with Gasteiger partial charge in [0.2, 0.25) is 0 Å². The number of fused-ring (bicyclic) bond motifs is 1. The first-order valence-corrected chi connectivity index (χ1v) is 5.87. The first-order valence-electron chi connectivity index (χ1n) is 5.05. The summed E-state index contributed by atoms with van der Waals surface area (Å²) in [7, 11) is 2.18. The van der Waals surface area contributed by atoms with Gasteiger partial charge in [0.25, 0.3) is 5.01 Å². The average molecular weight is 206 g/mol. The minimum absolute atomic E-state index is 1.19. The zero-order valence-corrected chi connectivity index (χ0v) is 9.82. The summed E-state index contributed by atoms with van der Waals surface area (Å²) in [6, 6.07) is 0. The highest BCUT2D eigenvalue weighted by Crippen LogP contribution is 2.27. The summed E-state index contributed by atoms with van der Waals surface area (Å²) < 4.78 is 2.35. The molecule has 0 N–H and O–H groups in total. The molecule has 2 rings (SSSR count). The summed E-state index contributed by atoms with van der Waals surface area (Å²) in [6.07, 6.45) is 9.09. The minimum Gasteiger partial charge on any atom is -0.188 e. The van der Waals surface area contributed by atoms with Gasteiger partial charge in [0, 0.05) is 12.0 Å². The molecule has 0 atom stereocenters. The highest BCUT2D eigenvalue weighted by Gasteiger charge is 2.23. The number of rotatable bonds is 1. The predicted octanol–water partition coefficient (Wildman–Crippen LogP) is 2.96. The molecule has 0 radical (unpaired) electrons. The quantitative estimate of drug-likeness (QED) is 0.622. The molecule has 14 heavy (non-hydrogen) atoms. The SMILES string of the molecule is CC=C(C)c1sc2c([n+]1C)CCC=C2. The maximum atomic E-state index is 2.35. The molecule has 1 aromatic heterocycles. The molecule has 0 bridgehead atoms. The van der Waals surface area contributed by atoms with E-state index in [9.17, 15) is 0 Å². The van der Waals surface area contributed by atoms with E-state index in [1.807, 2.05) is 11.3 Å². The number of hydrogen-bond donors (Lipinski definition) is 0. The molecular formula is C12H16NS+. The van der Waals surface area contributed by atoms with Gasteiger partial charge < -0.3 is 0 Å². The first-order chi connectivity index (χ1) is 6.74. The fraction of sp³-hybridized carbons (Fsp3) is 0.417. The lowest BCUT2D eigenvalue weighted by Crippen LogP contribution is -2.34. The number of nitrogens with zero attached hydrogens (tertiary/aromatic N) is 1. The van der Waals surface area contributed by atoms with Crippen LogP contribution in [-0.2, 0) is 13.5 Å². The molecule has 0 amide bonds. The van der Waals surface area contributed by atoms with Crippen LogP contribution < -0.4 is 4.57 Å². The van der Waals surface area contributed by atoms with Crippen LogP contribution in [0.15, 0.2) is 12.2 Å². The number of thiazole rings is 1. The van der Waals surface area contributed by atoms with Crippen molar-refractivity contribution in [3.8, 4) is 0 Å². The van der Waals surface area contributed by atoms with Crippen LogP contribution in [0, 0.1) is 0 Å². The van der Waals surface area contributed by atoms with Crippen molar-refractivity contribution in [2.24, 2.45) is 7.05 Å². The van der Waals surface area contributed by atoms with Gasteiger partial charge in [0.05, 0.1) is 0 Å². The van der Waals surface area contributed by atoms with Gasteiger partial charge in [-0.3, -0.25) is 0 Å². The minimum atomic E-state index is 1.19. The van der Waals surface area contributed by atoms with Gasteiger partial charge in [0.1, 0.15) is 11.9 Å². The Hall–Kier alpha value is -0.890. The van der Waals surface area contributed by atoms with Crippen molar-refractivity contribution >= 4 is 23.0 Å². The van der Waals surface area contributed by atoms with Gasteiger partial charge in [-0.05, 0) is 26.3 Å². The Balaban J connectivity index is 2.55. The van der Waals surface area contributed by atoms with E-state index in [-0.39, 0.29) is 0 Å². The zero-order valence-electron chi connectivity index (χ0n) is 9.00. The Kier molecular flexibility index (Phi) is 2.55. The zero-order chi connectivity index (χ0) is 10.1. The Morgan fingerprint density at radius 3 is 3.00 bits per heavy atom. The summed E-state index contributed by atoms with van der Waals surface area (Å²) in [5.74, 6) is 0. The van der Waals surface area contributed by atoms with E-state index >= 15 is 0 Å². The molecule has 1 heterocycles. The lowest BCUT2D eigenvalue weighted by molar-refractivity contribution is -0.676. The molecule has 2 heteroatoms. The molecule has 0 saturated carbocycles. The molecule has 1 aliphatic rings. The summed E-state index contributed by atoms with van der Waals surface area (Å²) in [5, 5.41) is 1.39. The molecule has 1 aromatic rings. The third-order valence-corrected chi connectivity index (χ3v) is 4.17. The maximum absolute atomic E-state index is 2.35. The van der Waals surface area contributed by atoms with Gasteiger partial charge in [-0.15, -0.1) is 0 Å². The van der Waals surface area contributed by atoms with Crippen molar-refractivity contribution in [2.45, 2.75) is 26.7 Å². The van der Waals surface area contributed by atoms with Crippen molar-refractivity contribution < 1.29 is 4.57 Å². The van der Waals surface area contributed by atoms with Crippen LogP contribution in [-0.4, -0.2) is 0 Å². The van der Waals surface area contributed by atoms with Crippen LogP contribution in [0.3, 0.4) is 0 Å². The molecular weight excluding hydrogens is 190 g/mol.